The topological polar surface area (TPSA) is 50.8 Å². The van der Waals surface area contributed by atoms with Gasteiger partial charge in [0.15, 0.2) is 11.5 Å². The number of hydrogen-bond acceptors (Lipinski definition) is 4. The van der Waals surface area contributed by atoms with Crippen LogP contribution in [-0.4, -0.2) is 51.2 Å². The van der Waals surface area contributed by atoms with Crippen LogP contribution >= 0.6 is 0 Å². The van der Waals surface area contributed by atoms with Gasteiger partial charge in [-0.1, -0.05) is 6.08 Å². The normalized spacial score (nSPS) is 17.2. The quantitative estimate of drug-likeness (QED) is 0.784. The van der Waals surface area contributed by atoms with Crippen LogP contribution in [0.1, 0.15) is 28.8 Å². The SMILES string of the molecule is C=CCc1cc(C(=O)N2CCCC2CNC)cc(OC)c1OC. The van der Waals surface area contributed by atoms with Gasteiger partial charge in [0.25, 0.3) is 5.91 Å². The Kier molecular flexibility index (Phi) is 6.04. The first-order valence-corrected chi connectivity index (χ1v) is 7.97. The molecule has 2 rings (SSSR count). The standard InChI is InChI=1S/C18H26N2O3/c1-5-7-13-10-14(11-16(22-3)17(13)23-4)18(21)20-9-6-8-15(20)12-19-2/h5,10-11,15,19H,1,6-9,12H2,2-4H3. The zero-order chi connectivity index (χ0) is 16.8. The summed E-state index contributed by atoms with van der Waals surface area (Å²) in [5.74, 6) is 1.30. The van der Waals surface area contributed by atoms with Crippen molar-refractivity contribution in [3.63, 3.8) is 0 Å². The molecule has 0 bridgehead atoms. The molecule has 5 nitrogen and oxygen atoms in total. The van der Waals surface area contributed by atoms with E-state index in [0.717, 1.165) is 31.5 Å². The zero-order valence-electron chi connectivity index (χ0n) is 14.2. The predicted molar refractivity (Wildman–Crippen MR) is 91.4 cm³/mol. The molecule has 0 spiro atoms. The van der Waals surface area contributed by atoms with E-state index in [0.29, 0.717) is 23.5 Å². The molecule has 1 aliphatic rings. The van der Waals surface area contributed by atoms with E-state index in [1.807, 2.05) is 18.0 Å². The molecule has 0 radical (unpaired) electrons. The third-order valence-corrected chi connectivity index (χ3v) is 4.24. The number of benzene rings is 1. The number of methoxy groups -OCH3 is 2. The van der Waals surface area contributed by atoms with Gasteiger partial charge in [0.05, 0.1) is 14.2 Å². The van der Waals surface area contributed by atoms with Gasteiger partial charge in [-0.05, 0) is 38.4 Å². The van der Waals surface area contributed by atoms with E-state index in [9.17, 15) is 4.79 Å². The second kappa shape index (κ2) is 8.02. The zero-order valence-corrected chi connectivity index (χ0v) is 14.2. The molecule has 0 aromatic heterocycles. The fourth-order valence-electron chi connectivity index (χ4n) is 3.19. The summed E-state index contributed by atoms with van der Waals surface area (Å²) in [6.07, 6.45) is 4.51. The highest BCUT2D eigenvalue weighted by Gasteiger charge is 2.29. The van der Waals surface area contributed by atoms with Gasteiger partial charge in [-0.3, -0.25) is 4.79 Å². The number of nitrogens with one attached hydrogen (secondary N) is 1. The monoisotopic (exact) mass is 318 g/mol. The van der Waals surface area contributed by atoms with Gasteiger partial charge in [0.2, 0.25) is 0 Å². The Morgan fingerprint density at radius 2 is 2.22 bits per heavy atom. The molecular weight excluding hydrogens is 292 g/mol. The molecule has 1 fully saturated rings. The fourth-order valence-corrected chi connectivity index (χ4v) is 3.19. The van der Waals surface area contributed by atoms with Crippen molar-refractivity contribution in [2.24, 2.45) is 0 Å². The maximum Gasteiger partial charge on any atom is 0.254 e. The van der Waals surface area contributed by atoms with Crippen molar-refractivity contribution in [2.45, 2.75) is 25.3 Å². The van der Waals surface area contributed by atoms with Crippen LogP contribution in [0.2, 0.25) is 0 Å². The predicted octanol–water partition coefficient (Wildman–Crippen LogP) is 2.26. The van der Waals surface area contributed by atoms with Gasteiger partial charge in [-0.25, -0.2) is 0 Å². The Morgan fingerprint density at radius 1 is 1.43 bits per heavy atom. The molecule has 23 heavy (non-hydrogen) atoms. The summed E-state index contributed by atoms with van der Waals surface area (Å²) < 4.78 is 10.8. The lowest BCUT2D eigenvalue weighted by molar-refractivity contribution is 0.0736. The van der Waals surface area contributed by atoms with Gasteiger partial charge in [0, 0.05) is 30.3 Å². The minimum Gasteiger partial charge on any atom is -0.493 e. The smallest absolute Gasteiger partial charge is 0.254 e. The largest absolute Gasteiger partial charge is 0.493 e. The molecule has 1 heterocycles. The maximum atomic E-state index is 12.9. The summed E-state index contributed by atoms with van der Waals surface area (Å²) in [6, 6.07) is 3.91. The van der Waals surface area contributed by atoms with E-state index in [1.54, 1.807) is 26.4 Å². The van der Waals surface area contributed by atoms with E-state index < -0.39 is 0 Å². The van der Waals surface area contributed by atoms with Crippen molar-refractivity contribution in [3.05, 3.63) is 35.9 Å². The van der Waals surface area contributed by atoms with Crippen molar-refractivity contribution in [1.29, 1.82) is 0 Å². The molecule has 0 aliphatic carbocycles. The van der Waals surface area contributed by atoms with Crippen LogP contribution in [0.3, 0.4) is 0 Å². The third-order valence-electron chi connectivity index (χ3n) is 4.24. The molecule has 0 saturated carbocycles. The van der Waals surface area contributed by atoms with Crippen LogP contribution in [-0.2, 0) is 6.42 Å². The summed E-state index contributed by atoms with van der Waals surface area (Å²) in [4.78, 5) is 14.9. The summed E-state index contributed by atoms with van der Waals surface area (Å²) in [5.41, 5.74) is 1.55. The lowest BCUT2D eigenvalue weighted by atomic mass is 10.0. The number of likely N-dealkylation sites (tertiary alicyclic amines) is 1. The fraction of sp³-hybridized carbons (Fsp3) is 0.500. The molecule has 1 saturated heterocycles. The molecule has 1 aliphatic heterocycles. The van der Waals surface area contributed by atoms with Gasteiger partial charge in [-0.2, -0.15) is 0 Å². The van der Waals surface area contributed by atoms with Gasteiger partial charge in [0.1, 0.15) is 0 Å². The van der Waals surface area contributed by atoms with Crippen molar-refractivity contribution in [2.75, 3.05) is 34.4 Å². The number of likely N-dealkylation sites (N-methyl/N-ethyl adjacent to an activating group) is 1. The van der Waals surface area contributed by atoms with E-state index in [4.69, 9.17) is 9.47 Å². The van der Waals surface area contributed by atoms with E-state index >= 15 is 0 Å². The molecular formula is C18H26N2O3. The Balaban J connectivity index is 2.36. The average Bonchev–Trinajstić information content (AvgIpc) is 3.02. The molecule has 1 amide bonds. The number of nitrogens with zero attached hydrogens (tertiary/aromatic N) is 1. The minimum atomic E-state index is 0.0500. The lowest BCUT2D eigenvalue weighted by Gasteiger charge is -2.25. The average molecular weight is 318 g/mol. The number of ether oxygens (including phenoxy) is 2. The number of rotatable bonds is 7. The second-order valence-electron chi connectivity index (χ2n) is 5.72. The van der Waals surface area contributed by atoms with Gasteiger partial charge in [-0.15, -0.1) is 6.58 Å². The Morgan fingerprint density at radius 3 is 2.83 bits per heavy atom. The van der Waals surface area contributed by atoms with Crippen molar-refractivity contribution >= 4 is 5.91 Å². The highest BCUT2D eigenvalue weighted by atomic mass is 16.5. The van der Waals surface area contributed by atoms with Crippen LogP contribution in [0.5, 0.6) is 11.5 Å². The van der Waals surface area contributed by atoms with Gasteiger partial charge < -0.3 is 19.7 Å². The Labute approximate surface area is 138 Å². The third kappa shape index (κ3) is 3.67. The summed E-state index contributed by atoms with van der Waals surface area (Å²) >= 11 is 0. The lowest BCUT2D eigenvalue weighted by Crippen LogP contribution is -2.40. The van der Waals surface area contributed by atoms with Crippen LogP contribution in [0.25, 0.3) is 0 Å². The number of carbonyl (C=O) groups excluding carboxylic acids is 1. The van der Waals surface area contributed by atoms with Crippen LogP contribution < -0.4 is 14.8 Å². The van der Waals surface area contributed by atoms with Crippen molar-refractivity contribution in [3.8, 4) is 11.5 Å². The van der Waals surface area contributed by atoms with E-state index in [-0.39, 0.29) is 11.9 Å². The Bertz CT molecular complexity index is 572. The molecule has 126 valence electrons. The first-order chi connectivity index (χ1) is 11.2. The summed E-state index contributed by atoms with van der Waals surface area (Å²) in [6.45, 7) is 5.40. The van der Waals surface area contributed by atoms with Crippen LogP contribution in [0.4, 0.5) is 0 Å². The Hall–Kier alpha value is -2.01. The molecule has 5 heteroatoms. The van der Waals surface area contributed by atoms with Crippen LogP contribution in [0.15, 0.2) is 24.8 Å². The number of hydrogen-bond donors (Lipinski definition) is 1. The van der Waals surface area contributed by atoms with Crippen molar-refractivity contribution < 1.29 is 14.3 Å². The first kappa shape index (κ1) is 17.3. The molecule has 1 unspecified atom stereocenters. The maximum absolute atomic E-state index is 12.9. The molecule has 1 aromatic rings. The summed E-state index contributed by atoms with van der Waals surface area (Å²) in [5, 5.41) is 3.17. The molecule has 1 aromatic carbocycles. The summed E-state index contributed by atoms with van der Waals surface area (Å²) in [7, 11) is 5.11. The van der Waals surface area contributed by atoms with Crippen LogP contribution in [0, 0.1) is 0 Å². The van der Waals surface area contributed by atoms with Crippen molar-refractivity contribution in [1.82, 2.24) is 10.2 Å². The van der Waals surface area contributed by atoms with Gasteiger partial charge >= 0.3 is 0 Å². The highest BCUT2D eigenvalue weighted by molar-refractivity contribution is 5.95. The molecule has 1 atom stereocenters. The first-order valence-electron chi connectivity index (χ1n) is 7.97. The van der Waals surface area contributed by atoms with E-state index in [2.05, 4.69) is 11.9 Å². The van der Waals surface area contributed by atoms with E-state index in [1.165, 1.54) is 0 Å². The second-order valence-corrected chi connectivity index (χ2v) is 5.72. The number of allylic oxidation sites excluding steroid dienone is 1. The number of amides is 1. The number of carbonyl (C=O) groups is 1. The molecule has 1 N–H and O–H groups in total. The minimum absolute atomic E-state index is 0.0500. The highest BCUT2D eigenvalue weighted by Crippen LogP contribution is 2.34.